The Morgan fingerprint density at radius 2 is 1.95 bits per heavy atom. The third-order valence-electron chi connectivity index (χ3n) is 3.12. The van der Waals surface area contributed by atoms with E-state index in [1.54, 1.807) is 30.1 Å². The largest absolute Gasteiger partial charge is 0.472 e. The number of primary sulfonamides is 1. The number of aromatic nitrogens is 4. The van der Waals surface area contributed by atoms with Crippen molar-refractivity contribution in [1.82, 2.24) is 19.7 Å². The number of nitrogens with zero attached hydrogens (tertiary/aromatic N) is 4. The number of ether oxygens (including phenoxy) is 1. The molecule has 0 radical (unpaired) electrons. The summed E-state index contributed by atoms with van der Waals surface area (Å²) in [6.45, 7) is 0.242. The van der Waals surface area contributed by atoms with Crippen LogP contribution < -0.4 is 9.88 Å². The van der Waals surface area contributed by atoms with E-state index in [0.29, 0.717) is 16.9 Å². The molecule has 8 nitrogen and oxygen atoms in total. The van der Waals surface area contributed by atoms with Gasteiger partial charge in [-0.05, 0) is 17.7 Å². The highest BCUT2D eigenvalue weighted by Gasteiger charge is 2.10. The van der Waals surface area contributed by atoms with Gasteiger partial charge in [0.05, 0.1) is 11.1 Å². The summed E-state index contributed by atoms with van der Waals surface area (Å²) in [5, 5.41) is 9.87. The van der Waals surface area contributed by atoms with E-state index in [1.807, 2.05) is 0 Å². The Morgan fingerprint density at radius 3 is 2.64 bits per heavy atom. The number of sulfonamides is 1. The van der Waals surface area contributed by atoms with Crippen LogP contribution in [0, 0.1) is 0 Å². The molecular formula is C13H13N5O3S. The van der Waals surface area contributed by atoms with Gasteiger partial charge >= 0.3 is 0 Å². The van der Waals surface area contributed by atoms with Crippen LogP contribution in [0.5, 0.6) is 5.88 Å². The van der Waals surface area contributed by atoms with Gasteiger partial charge < -0.3 is 4.74 Å². The summed E-state index contributed by atoms with van der Waals surface area (Å²) in [4.78, 5) is 8.28. The number of hydrogen-bond acceptors (Lipinski definition) is 6. The molecule has 0 saturated carbocycles. The molecule has 0 spiro atoms. The maximum Gasteiger partial charge on any atom is 0.238 e. The van der Waals surface area contributed by atoms with Crippen LogP contribution in [-0.4, -0.2) is 28.2 Å². The van der Waals surface area contributed by atoms with Crippen molar-refractivity contribution in [2.75, 3.05) is 0 Å². The molecule has 0 amide bonds. The highest BCUT2D eigenvalue weighted by molar-refractivity contribution is 7.89. The molecule has 2 heterocycles. The van der Waals surface area contributed by atoms with E-state index in [2.05, 4.69) is 15.1 Å². The fourth-order valence-corrected chi connectivity index (χ4v) is 2.50. The van der Waals surface area contributed by atoms with Gasteiger partial charge in [0.25, 0.3) is 0 Å². The first kappa shape index (κ1) is 14.4. The van der Waals surface area contributed by atoms with E-state index in [4.69, 9.17) is 9.88 Å². The van der Waals surface area contributed by atoms with Crippen LogP contribution in [0.4, 0.5) is 0 Å². The smallest absolute Gasteiger partial charge is 0.238 e. The molecule has 0 fully saturated rings. The molecule has 0 aliphatic carbocycles. The lowest BCUT2D eigenvalue weighted by molar-refractivity contribution is 0.297. The fourth-order valence-electron chi connectivity index (χ4n) is 1.98. The zero-order chi connectivity index (χ0) is 15.7. The summed E-state index contributed by atoms with van der Waals surface area (Å²) in [7, 11) is -1.90. The maximum absolute atomic E-state index is 11.2. The van der Waals surface area contributed by atoms with Crippen LogP contribution in [0.3, 0.4) is 0 Å². The van der Waals surface area contributed by atoms with Gasteiger partial charge in [-0.2, -0.15) is 5.10 Å². The number of hydrogen-bond donors (Lipinski definition) is 1. The minimum absolute atomic E-state index is 0.0629. The summed E-state index contributed by atoms with van der Waals surface area (Å²) < 4.78 is 29.7. The molecule has 0 bridgehead atoms. The van der Waals surface area contributed by atoms with Crippen LogP contribution in [0.15, 0.2) is 41.7 Å². The lowest BCUT2D eigenvalue weighted by atomic mass is 10.2. The summed E-state index contributed by atoms with van der Waals surface area (Å²) in [5.74, 6) is 0.425. The fraction of sp³-hybridized carbons (Fsp3) is 0.154. The number of benzene rings is 1. The van der Waals surface area contributed by atoms with E-state index < -0.39 is 10.0 Å². The van der Waals surface area contributed by atoms with Crippen molar-refractivity contribution in [2.24, 2.45) is 12.2 Å². The Bertz CT molecular complexity index is 919. The quantitative estimate of drug-likeness (QED) is 0.753. The molecular weight excluding hydrogens is 306 g/mol. The SMILES string of the molecule is Cn1ncc2c(OCc3ccc(S(N)(=O)=O)cc3)ncnc21. The second-order valence-electron chi connectivity index (χ2n) is 4.66. The van der Waals surface area contributed by atoms with Gasteiger partial charge in [-0.1, -0.05) is 12.1 Å². The number of aryl methyl sites for hydroxylation is 1. The predicted octanol–water partition coefficient (Wildman–Crippen LogP) is 0.590. The van der Waals surface area contributed by atoms with Crippen LogP contribution in [-0.2, 0) is 23.7 Å². The first-order valence-electron chi connectivity index (χ1n) is 6.32. The average molecular weight is 319 g/mol. The number of fused-ring (bicyclic) bond motifs is 1. The molecule has 3 rings (SSSR count). The van der Waals surface area contributed by atoms with Crippen molar-refractivity contribution in [3.8, 4) is 5.88 Å². The Kier molecular flexibility index (Phi) is 3.51. The maximum atomic E-state index is 11.2. The van der Waals surface area contributed by atoms with Crippen LogP contribution in [0.2, 0.25) is 0 Å². The third kappa shape index (κ3) is 2.76. The molecule has 114 valence electrons. The first-order chi connectivity index (χ1) is 10.4. The zero-order valence-electron chi connectivity index (χ0n) is 11.7. The second-order valence-corrected chi connectivity index (χ2v) is 6.22. The molecule has 9 heteroatoms. The monoisotopic (exact) mass is 319 g/mol. The van der Waals surface area contributed by atoms with Gasteiger partial charge in [0.2, 0.25) is 15.9 Å². The molecule has 0 aliphatic heterocycles. The second kappa shape index (κ2) is 5.35. The van der Waals surface area contributed by atoms with Crippen molar-refractivity contribution in [2.45, 2.75) is 11.5 Å². The van der Waals surface area contributed by atoms with E-state index >= 15 is 0 Å². The standard InChI is InChI=1S/C13H13N5O3S/c1-18-12-11(6-17-18)13(16-8-15-12)21-7-9-2-4-10(5-3-9)22(14,19)20/h2-6,8H,7H2,1H3,(H2,14,19,20). The summed E-state index contributed by atoms with van der Waals surface area (Å²) >= 11 is 0. The van der Waals surface area contributed by atoms with Gasteiger partial charge in [0, 0.05) is 7.05 Å². The Balaban J connectivity index is 1.79. The molecule has 22 heavy (non-hydrogen) atoms. The summed E-state index contributed by atoms with van der Waals surface area (Å²) in [6.07, 6.45) is 3.04. The van der Waals surface area contributed by atoms with E-state index in [9.17, 15) is 8.42 Å². The van der Waals surface area contributed by atoms with Crippen molar-refractivity contribution >= 4 is 21.1 Å². The predicted molar refractivity (Wildman–Crippen MR) is 78.5 cm³/mol. The topological polar surface area (TPSA) is 113 Å². The normalized spacial score (nSPS) is 11.7. The van der Waals surface area contributed by atoms with Crippen molar-refractivity contribution in [1.29, 1.82) is 0 Å². The van der Waals surface area contributed by atoms with Crippen molar-refractivity contribution < 1.29 is 13.2 Å². The van der Waals surface area contributed by atoms with Gasteiger partial charge in [0.1, 0.15) is 18.3 Å². The molecule has 1 aromatic carbocycles. The number of nitrogens with two attached hydrogens (primary N) is 1. The average Bonchev–Trinajstić information content (AvgIpc) is 2.87. The lowest BCUT2D eigenvalue weighted by Crippen LogP contribution is -2.12. The Morgan fingerprint density at radius 1 is 1.23 bits per heavy atom. The van der Waals surface area contributed by atoms with E-state index in [1.165, 1.54) is 18.5 Å². The minimum Gasteiger partial charge on any atom is -0.472 e. The third-order valence-corrected chi connectivity index (χ3v) is 4.05. The van der Waals surface area contributed by atoms with Crippen LogP contribution >= 0.6 is 0 Å². The molecule has 0 aliphatic rings. The molecule has 2 aromatic heterocycles. The zero-order valence-corrected chi connectivity index (χ0v) is 12.5. The molecule has 0 atom stereocenters. The number of rotatable bonds is 4. The Hall–Kier alpha value is -2.52. The van der Waals surface area contributed by atoms with Gasteiger partial charge in [-0.25, -0.2) is 23.5 Å². The van der Waals surface area contributed by atoms with Gasteiger partial charge in [0.15, 0.2) is 5.65 Å². The van der Waals surface area contributed by atoms with Gasteiger partial charge in [-0.15, -0.1) is 0 Å². The van der Waals surface area contributed by atoms with Gasteiger partial charge in [-0.3, -0.25) is 4.68 Å². The minimum atomic E-state index is -3.69. The Labute approximate surface area is 126 Å². The van der Waals surface area contributed by atoms with Crippen LogP contribution in [0.25, 0.3) is 11.0 Å². The van der Waals surface area contributed by atoms with Crippen LogP contribution in [0.1, 0.15) is 5.56 Å². The molecule has 3 aromatic rings. The highest BCUT2D eigenvalue weighted by Crippen LogP contribution is 2.21. The van der Waals surface area contributed by atoms with Crippen molar-refractivity contribution in [3.05, 3.63) is 42.4 Å². The molecule has 0 unspecified atom stereocenters. The summed E-state index contributed by atoms with van der Waals surface area (Å²) in [6, 6.07) is 6.16. The van der Waals surface area contributed by atoms with Crippen molar-refractivity contribution in [3.63, 3.8) is 0 Å². The summed E-state index contributed by atoms with van der Waals surface area (Å²) in [5.41, 5.74) is 1.47. The molecule has 0 saturated heterocycles. The van der Waals surface area contributed by atoms with E-state index in [0.717, 1.165) is 5.56 Å². The molecule has 2 N–H and O–H groups in total. The highest BCUT2D eigenvalue weighted by atomic mass is 32.2. The first-order valence-corrected chi connectivity index (χ1v) is 7.87. The lowest BCUT2D eigenvalue weighted by Gasteiger charge is -2.06. The van der Waals surface area contributed by atoms with E-state index in [-0.39, 0.29) is 11.5 Å².